The number of hydrogen-bond donors (Lipinski definition) is 1. The van der Waals surface area contributed by atoms with E-state index in [9.17, 15) is 9.59 Å². The molecule has 0 saturated heterocycles. The minimum atomic E-state index is -0.368. The Kier molecular flexibility index (Phi) is 8.58. The zero-order valence-corrected chi connectivity index (χ0v) is 22.0. The lowest BCUT2D eigenvalue weighted by Gasteiger charge is -2.30. The molecular weight excluding hydrogens is 488 g/mol. The van der Waals surface area contributed by atoms with Crippen molar-refractivity contribution < 1.29 is 33.3 Å². The first-order valence-corrected chi connectivity index (χ1v) is 12.3. The fourth-order valence-corrected chi connectivity index (χ4v) is 4.21. The summed E-state index contributed by atoms with van der Waals surface area (Å²) in [6, 6.07) is 16.3. The second-order valence-corrected chi connectivity index (χ2v) is 8.76. The van der Waals surface area contributed by atoms with E-state index in [1.807, 2.05) is 31.2 Å². The number of nitrogens with zero attached hydrogens (tertiary/aromatic N) is 1. The molecule has 1 aliphatic rings. The number of aryl methyl sites for hydroxylation is 1. The maximum absolute atomic E-state index is 13.1. The summed E-state index contributed by atoms with van der Waals surface area (Å²) in [5, 5.41) is 2.88. The van der Waals surface area contributed by atoms with Crippen molar-refractivity contribution in [3.63, 3.8) is 0 Å². The average molecular weight is 521 g/mol. The van der Waals surface area contributed by atoms with Crippen LogP contribution >= 0.6 is 0 Å². The lowest BCUT2D eigenvalue weighted by atomic mass is 10.1. The average Bonchev–Trinajstić information content (AvgIpc) is 2.93. The third kappa shape index (κ3) is 6.11. The van der Waals surface area contributed by atoms with E-state index in [1.165, 1.54) is 21.3 Å². The zero-order chi connectivity index (χ0) is 27.1. The summed E-state index contributed by atoms with van der Waals surface area (Å²) < 4.78 is 27.5. The van der Waals surface area contributed by atoms with Crippen LogP contribution in [0.15, 0.2) is 54.6 Å². The summed E-state index contributed by atoms with van der Waals surface area (Å²) in [6.45, 7) is 3.07. The minimum absolute atomic E-state index is 0.0239. The molecule has 0 unspecified atom stereocenters. The first-order valence-electron chi connectivity index (χ1n) is 12.3. The molecule has 0 saturated carbocycles. The number of unbranched alkanes of at least 4 members (excludes halogenated alkanes) is 1. The molecule has 0 aromatic heterocycles. The van der Waals surface area contributed by atoms with Crippen LogP contribution in [0.5, 0.6) is 28.7 Å². The smallest absolute Gasteiger partial charge is 0.265 e. The lowest BCUT2D eigenvalue weighted by molar-refractivity contribution is -0.121. The summed E-state index contributed by atoms with van der Waals surface area (Å²) in [5.41, 5.74) is 2.61. The number of methoxy groups -OCH3 is 3. The van der Waals surface area contributed by atoms with Gasteiger partial charge in [-0.25, -0.2) is 0 Å². The topological polar surface area (TPSA) is 95.6 Å². The molecule has 9 nitrogen and oxygen atoms in total. The van der Waals surface area contributed by atoms with Crippen LogP contribution in [0, 0.1) is 6.92 Å². The number of hydrogen-bond acceptors (Lipinski definition) is 7. The Bertz CT molecular complexity index is 1280. The molecule has 1 aliphatic heterocycles. The summed E-state index contributed by atoms with van der Waals surface area (Å²) in [6.07, 6.45) is 1.53. The number of amides is 2. The Balaban J connectivity index is 1.43. The van der Waals surface area contributed by atoms with Gasteiger partial charge in [-0.05, 0) is 67.8 Å². The number of benzene rings is 3. The largest absolute Gasteiger partial charge is 0.494 e. The van der Waals surface area contributed by atoms with Gasteiger partial charge in [-0.3, -0.25) is 9.59 Å². The van der Waals surface area contributed by atoms with Gasteiger partial charge in [0.2, 0.25) is 5.75 Å². The normalized spacial score (nSPS) is 12.3. The summed E-state index contributed by atoms with van der Waals surface area (Å²) in [7, 11) is 4.48. The van der Waals surface area contributed by atoms with Crippen LogP contribution in [0.1, 0.15) is 28.8 Å². The predicted octanol–water partition coefficient (Wildman–Crippen LogP) is 4.86. The SMILES string of the molecule is COc1cc(C(=O)Nc2ccc3c(c2)N(CCCCOc2cccc(C)c2)C(=O)CO3)cc(OC)c1OC. The van der Waals surface area contributed by atoms with Crippen molar-refractivity contribution in [3.8, 4) is 28.7 Å². The van der Waals surface area contributed by atoms with Crippen LogP contribution in [0.4, 0.5) is 11.4 Å². The van der Waals surface area contributed by atoms with Crippen LogP contribution < -0.4 is 33.9 Å². The molecule has 0 aliphatic carbocycles. The standard InChI is InChI=1S/C29H32N2O7/c1-19-8-7-9-22(14-19)37-13-6-5-12-31-23-17-21(10-11-24(23)38-18-27(31)32)30-29(33)20-15-25(34-2)28(36-4)26(16-20)35-3/h7-11,14-17H,5-6,12-13,18H2,1-4H3,(H,30,33). The van der Waals surface area contributed by atoms with Crippen LogP contribution in [-0.2, 0) is 4.79 Å². The van der Waals surface area contributed by atoms with Crippen LogP contribution in [-0.4, -0.2) is 52.9 Å². The van der Waals surface area contributed by atoms with Gasteiger partial charge in [0, 0.05) is 17.8 Å². The number of carbonyl (C=O) groups excluding carboxylic acids is 2. The number of anilines is 2. The molecule has 0 bridgehead atoms. The van der Waals surface area contributed by atoms with E-state index in [1.54, 1.807) is 35.2 Å². The molecule has 3 aromatic rings. The summed E-state index contributed by atoms with van der Waals surface area (Å²) in [4.78, 5) is 27.4. The van der Waals surface area contributed by atoms with Crippen molar-refractivity contribution >= 4 is 23.2 Å². The highest BCUT2D eigenvalue weighted by molar-refractivity contribution is 6.06. The minimum Gasteiger partial charge on any atom is -0.494 e. The quantitative estimate of drug-likeness (QED) is 0.361. The summed E-state index contributed by atoms with van der Waals surface area (Å²) >= 11 is 0. The van der Waals surface area contributed by atoms with E-state index in [0.29, 0.717) is 53.1 Å². The molecule has 1 heterocycles. The Labute approximate surface area is 222 Å². The molecular formula is C29H32N2O7. The van der Waals surface area contributed by atoms with E-state index in [2.05, 4.69) is 5.32 Å². The number of nitrogens with one attached hydrogen (secondary N) is 1. The highest BCUT2D eigenvalue weighted by atomic mass is 16.5. The molecule has 0 fully saturated rings. The van der Waals surface area contributed by atoms with Gasteiger partial charge < -0.3 is 33.9 Å². The highest BCUT2D eigenvalue weighted by Gasteiger charge is 2.26. The maximum atomic E-state index is 13.1. The molecule has 38 heavy (non-hydrogen) atoms. The molecule has 0 atom stereocenters. The van der Waals surface area contributed by atoms with Crippen molar-refractivity contribution in [2.24, 2.45) is 0 Å². The molecule has 2 amide bonds. The molecule has 0 spiro atoms. The van der Waals surface area contributed by atoms with Crippen molar-refractivity contribution in [2.45, 2.75) is 19.8 Å². The van der Waals surface area contributed by atoms with E-state index in [4.69, 9.17) is 23.7 Å². The summed E-state index contributed by atoms with van der Waals surface area (Å²) in [5.74, 6) is 2.07. The Morgan fingerprint density at radius 1 is 0.974 bits per heavy atom. The molecule has 4 rings (SSSR count). The van der Waals surface area contributed by atoms with E-state index in [-0.39, 0.29) is 18.4 Å². The van der Waals surface area contributed by atoms with Crippen molar-refractivity contribution in [3.05, 3.63) is 65.7 Å². The Morgan fingerprint density at radius 3 is 2.42 bits per heavy atom. The van der Waals surface area contributed by atoms with Gasteiger partial charge >= 0.3 is 0 Å². The first-order chi connectivity index (χ1) is 18.4. The second kappa shape index (κ2) is 12.2. The van der Waals surface area contributed by atoms with Crippen LogP contribution in [0.25, 0.3) is 0 Å². The van der Waals surface area contributed by atoms with Gasteiger partial charge in [0.1, 0.15) is 11.5 Å². The molecule has 9 heteroatoms. The van der Waals surface area contributed by atoms with Gasteiger partial charge in [-0.2, -0.15) is 0 Å². The van der Waals surface area contributed by atoms with Gasteiger partial charge in [0.15, 0.2) is 18.1 Å². The Morgan fingerprint density at radius 2 is 1.74 bits per heavy atom. The van der Waals surface area contributed by atoms with Gasteiger partial charge in [0.05, 0.1) is 33.6 Å². The third-order valence-corrected chi connectivity index (χ3v) is 6.12. The van der Waals surface area contributed by atoms with Gasteiger partial charge in [0.25, 0.3) is 11.8 Å². The van der Waals surface area contributed by atoms with Crippen molar-refractivity contribution in [1.29, 1.82) is 0 Å². The number of fused-ring (bicyclic) bond motifs is 1. The highest BCUT2D eigenvalue weighted by Crippen LogP contribution is 2.39. The fraction of sp³-hybridized carbons (Fsp3) is 0.310. The van der Waals surface area contributed by atoms with Crippen molar-refractivity contribution in [1.82, 2.24) is 0 Å². The van der Waals surface area contributed by atoms with Gasteiger partial charge in [-0.15, -0.1) is 0 Å². The van der Waals surface area contributed by atoms with Gasteiger partial charge in [-0.1, -0.05) is 12.1 Å². The number of carbonyl (C=O) groups is 2. The first kappa shape index (κ1) is 26.7. The van der Waals surface area contributed by atoms with Crippen LogP contribution in [0.2, 0.25) is 0 Å². The van der Waals surface area contributed by atoms with Crippen LogP contribution in [0.3, 0.4) is 0 Å². The van der Waals surface area contributed by atoms with E-state index < -0.39 is 0 Å². The van der Waals surface area contributed by atoms with E-state index >= 15 is 0 Å². The van der Waals surface area contributed by atoms with Crippen molar-refractivity contribution in [2.75, 3.05) is 51.3 Å². The molecule has 1 N–H and O–H groups in total. The predicted molar refractivity (Wildman–Crippen MR) is 144 cm³/mol. The zero-order valence-electron chi connectivity index (χ0n) is 22.0. The lowest BCUT2D eigenvalue weighted by Crippen LogP contribution is -2.39. The fourth-order valence-electron chi connectivity index (χ4n) is 4.21. The monoisotopic (exact) mass is 520 g/mol. The molecule has 200 valence electrons. The Hall–Kier alpha value is -4.40. The van der Waals surface area contributed by atoms with E-state index in [0.717, 1.165) is 24.2 Å². The maximum Gasteiger partial charge on any atom is 0.265 e. The number of ether oxygens (including phenoxy) is 5. The molecule has 0 radical (unpaired) electrons. The molecule has 3 aromatic carbocycles. The second-order valence-electron chi connectivity index (χ2n) is 8.76. The number of rotatable bonds is 11. The third-order valence-electron chi connectivity index (χ3n) is 6.12.